The number of hydrogen-bond donors (Lipinski definition) is 1. The van der Waals surface area contributed by atoms with Crippen LogP contribution >= 0.6 is 11.8 Å². The lowest BCUT2D eigenvalue weighted by Crippen LogP contribution is -2.22. The molecule has 3 aromatic heterocycles. The zero-order chi connectivity index (χ0) is 17.8. The maximum absolute atomic E-state index is 12.3. The molecular formula is C16H18N6O2S. The number of thioether (sulfide) groups is 1. The third-order valence-electron chi connectivity index (χ3n) is 3.50. The van der Waals surface area contributed by atoms with Crippen molar-refractivity contribution in [2.45, 2.75) is 37.7 Å². The standard InChI is InChI=1S/C16H18N6O2S/c1-4-22-14(12-5-7-17-8-6-12)19-20-16(22)25-11(3)15(23)18-13-9-10(2)21-24-13/h5-9,11H,4H2,1-3H3,(H,18,23). The highest BCUT2D eigenvalue weighted by molar-refractivity contribution is 8.00. The van der Waals surface area contributed by atoms with E-state index in [1.807, 2.05) is 30.5 Å². The first kappa shape index (κ1) is 17.2. The second-order valence-electron chi connectivity index (χ2n) is 5.37. The fourth-order valence-corrected chi connectivity index (χ4v) is 3.15. The van der Waals surface area contributed by atoms with Gasteiger partial charge in [-0.15, -0.1) is 10.2 Å². The van der Waals surface area contributed by atoms with Crippen molar-refractivity contribution in [3.63, 3.8) is 0 Å². The van der Waals surface area contributed by atoms with Gasteiger partial charge >= 0.3 is 0 Å². The Morgan fingerprint density at radius 3 is 2.76 bits per heavy atom. The maximum Gasteiger partial charge on any atom is 0.240 e. The summed E-state index contributed by atoms with van der Waals surface area (Å²) in [7, 11) is 0. The molecule has 130 valence electrons. The summed E-state index contributed by atoms with van der Waals surface area (Å²) >= 11 is 1.34. The molecular weight excluding hydrogens is 340 g/mol. The molecule has 1 N–H and O–H groups in total. The van der Waals surface area contributed by atoms with Crippen molar-refractivity contribution < 1.29 is 9.32 Å². The molecule has 0 bridgehead atoms. The average Bonchev–Trinajstić information content (AvgIpc) is 3.21. The van der Waals surface area contributed by atoms with Crippen molar-refractivity contribution in [1.82, 2.24) is 24.9 Å². The van der Waals surface area contributed by atoms with Gasteiger partial charge in [-0.2, -0.15) is 0 Å². The SMILES string of the molecule is CCn1c(SC(C)C(=O)Nc2cc(C)no2)nnc1-c1ccncc1. The second-order valence-corrected chi connectivity index (χ2v) is 6.68. The van der Waals surface area contributed by atoms with Gasteiger partial charge in [-0.3, -0.25) is 15.1 Å². The van der Waals surface area contributed by atoms with Crippen LogP contribution in [0, 0.1) is 6.92 Å². The van der Waals surface area contributed by atoms with Crippen molar-refractivity contribution in [2.24, 2.45) is 0 Å². The van der Waals surface area contributed by atoms with Crippen LogP contribution in [-0.4, -0.2) is 36.1 Å². The summed E-state index contributed by atoms with van der Waals surface area (Å²) in [6, 6.07) is 5.44. The minimum Gasteiger partial charge on any atom is -0.338 e. The van der Waals surface area contributed by atoms with Gasteiger partial charge in [-0.25, -0.2) is 0 Å². The van der Waals surface area contributed by atoms with Gasteiger partial charge in [-0.05, 0) is 32.9 Å². The Morgan fingerprint density at radius 1 is 1.36 bits per heavy atom. The number of hydrogen-bond acceptors (Lipinski definition) is 7. The molecule has 0 saturated carbocycles. The summed E-state index contributed by atoms with van der Waals surface area (Å²) in [5.41, 5.74) is 1.65. The Balaban J connectivity index is 1.74. The smallest absolute Gasteiger partial charge is 0.240 e. The number of amides is 1. The quantitative estimate of drug-likeness (QED) is 0.676. The molecule has 0 radical (unpaired) electrons. The van der Waals surface area contributed by atoms with Gasteiger partial charge < -0.3 is 9.09 Å². The molecule has 1 amide bonds. The van der Waals surface area contributed by atoms with Gasteiger partial charge in [0.15, 0.2) is 11.0 Å². The van der Waals surface area contributed by atoms with E-state index in [0.29, 0.717) is 23.3 Å². The van der Waals surface area contributed by atoms with Gasteiger partial charge in [0.2, 0.25) is 11.8 Å². The minimum atomic E-state index is -0.370. The predicted octanol–water partition coefficient (Wildman–Crippen LogP) is 2.78. The lowest BCUT2D eigenvalue weighted by atomic mass is 10.2. The molecule has 1 unspecified atom stereocenters. The number of anilines is 1. The largest absolute Gasteiger partial charge is 0.338 e. The molecule has 3 aromatic rings. The van der Waals surface area contributed by atoms with Crippen LogP contribution in [0.3, 0.4) is 0 Å². The van der Waals surface area contributed by atoms with Crippen molar-refractivity contribution >= 4 is 23.6 Å². The molecule has 3 rings (SSSR count). The van der Waals surface area contributed by atoms with Gasteiger partial charge in [0, 0.05) is 30.6 Å². The summed E-state index contributed by atoms with van der Waals surface area (Å²) in [4.78, 5) is 16.3. The molecule has 0 aromatic carbocycles. The second kappa shape index (κ2) is 7.47. The third-order valence-corrected chi connectivity index (χ3v) is 4.58. The first-order chi connectivity index (χ1) is 12.1. The Bertz CT molecular complexity index is 861. The first-order valence-electron chi connectivity index (χ1n) is 7.83. The van der Waals surface area contributed by atoms with E-state index in [1.165, 1.54) is 11.8 Å². The lowest BCUT2D eigenvalue weighted by Gasteiger charge is -2.11. The predicted molar refractivity (Wildman–Crippen MR) is 94.1 cm³/mol. The first-order valence-corrected chi connectivity index (χ1v) is 8.71. The summed E-state index contributed by atoms with van der Waals surface area (Å²) in [5, 5.41) is 15.3. The number of nitrogens with zero attached hydrogens (tertiary/aromatic N) is 5. The summed E-state index contributed by atoms with van der Waals surface area (Å²) in [6.45, 7) is 6.31. The van der Waals surface area contributed by atoms with Crippen LogP contribution in [0.5, 0.6) is 0 Å². The van der Waals surface area contributed by atoms with Gasteiger partial charge in [-0.1, -0.05) is 16.9 Å². The molecule has 25 heavy (non-hydrogen) atoms. The average molecular weight is 358 g/mol. The molecule has 0 aliphatic carbocycles. The maximum atomic E-state index is 12.3. The van der Waals surface area contributed by atoms with Crippen molar-refractivity contribution in [1.29, 1.82) is 0 Å². The van der Waals surface area contributed by atoms with Gasteiger partial charge in [0.1, 0.15) is 0 Å². The minimum absolute atomic E-state index is 0.183. The zero-order valence-corrected chi connectivity index (χ0v) is 14.9. The van der Waals surface area contributed by atoms with E-state index in [1.54, 1.807) is 25.4 Å². The van der Waals surface area contributed by atoms with Gasteiger partial charge in [0.05, 0.1) is 10.9 Å². The number of carbonyl (C=O) groups excluding carboxylic acids is 1. The highest BCUT2D eigenvalue weighted by atomic mass is 32.2. The van der Waals surface area contributed by atoms with E-state index in [9.17, 15) is 4.79 Å². The molecule has 8 nitrogen and oxygen atoms in total. The Labute approximate surface area is 149 Å². The number of pyridine rings is 1. The fraction of sp³-hybridized carbons (Fsp3) is 0.312. The van der Waals surface area contributed by atoms with E-state index in [-0.39, 0.29) is 11.2 Å². The van der Waals surface area contributed by atoms with Crippen LogP contribution in [0.2, 0.25) is 0 Å². The molecule has 3 heterocycles. The molecule has 0 fully saturated rings. The number of aryl methyl sites for hydroxylation is 1. The van der Waals surface area contributed by atoms with Crippen LogP contribution in [-0.2, 0) is 11.3 Å². The van der Waals surface area contributed by atoms with E-state index in [2.05, 4.69) is 25.7 Å². The van der Waals surface area contributed by atoms with Crippen LogP contribution in [0.4, 0.5) is 5.88 Å². The Kier molecular flexibility index (Phi) is 5.13. The molecule has 0 saturated heterocycles. The molecule has 0 spiro atoms. The van der Waals surface area contributed by atoms with Crippen molar-refractivity contribution in [3.8, 4) is 11.4 Å². The number of carbonyl (C=O) groups is 1. The summed E-state index contributed by atoms with van der Waals surface area (Å²) < 4.78 is 6.99. The summed E-state index contributed by atoms with van der Waals surface area (Å²) in [6.07, 6.45) is 3.43. The monoisotopic (exact) mass is 358 g/mol. The Morgan fingerprint density at radius 2 is 2.12 bits per heavy atom. The number of rotatable bonds is 6. The number of aromatic nitrogens is 5. The van der Waals surface area contributed by atoms with Crippen LogP contribution in [0.25, 0.3) is 11.4 Å². The summed E-state index contributed by atoms with van der Waals surface area (Å²) in [5.74, 6) is 0.910. The van der Waals surface area contributed by atoms with E-state index in [4.69, 9.17) is 4.52 Å². The normalized spacial score (nSPS) is 12.1. The fourth-order valence-electron chi connectivity index (χ4n) is 2.23. The zero-order valence-electron chi connectivity index (χ0n) is 14.1. The van der Waals surface area contributed by atoms with Gasteiger partial charge in [0.25, 0.3) is 0 Å². The van der Waals surface area contributed by atoms with E-state index < -0.39 is 0 Å². The van der Waals surface area contributed by atoms with Crippen molar-refractivity contribution in [2.75, 3.05) is 5.32 Å². The topological polar surface area (TPSA) is 98.7 Å². The molecule has 1 atom stereocenters. The molecule has 9 heteroatoms. The number of nitrogens with one attached hydrogen (secondary N) is 1. The van der Waals surface area contributed by atoms with E-state index >= 15 is 0 Å². The highest BCUT2D eigenvalue weighted by Crippen LogP contribution is 2.27. The van der Waals surface area contributed by atoms with Crippen molar-refractivity contribution in [3.05, 3.63) is 36.3 Å². The van der Waals surface area contributed by atoms with E-state index in [0.717, 1.165) is 11.4 Å². The van der Waals surface area contributed by atoms with Crippen LogP contribution in [0.1, 0.15) is 19.5 Å². The third kappa shape index (κ3) is 3.87. The van der Waals surface area contributed by atoms with Crippen LogP contribution < -0.4 is 5.32 Å². The Hall–Kier alpha value is -2.68. The molecule has 0 aliphatic heterocycles. The van der Waals surface area contributed by atoms with Crippen LogP contribution in [0.15, 0.2) is 40.3 Å². The highest BCUT2D eigenvalue weighted by Gasteiger charge is 2.21. The lowest BCUT2D eigenvalue weighted by molar-refractivity contribution is -0.115. The molecule has 0 aliphatic rings.